The Bertz CT molecular complexity index is 1480. The van der Waals surface area contributed by atoms with Gasteiger partial charge in [-0.3, -0.25) is 14.5 Å². The molecule has 0 bridgehead atoms. The molecule has 1 unspecified atom stereocenters. The van der Waals surface area contributed by atoms with Gasteiger partial charge >= 0.3 is 11.9 Å². The number of esters is 1. The highest BCUT2D eigenvalue weighted by Crippen LogP contribution is 2.44. The SMILES string of the molecule is CCCCOc1cccc(C(O)=C2C(=O)C(=O)N(c3nc(C)c(C(=O)OCC)s3)C2c2ccc(C(C)(C)C)cc2)c1. The Kier molecular flexibility index (Phi) is 8.97. The number of ketones is 1. The summed E-state index contributed by atoms with van der Waals surface area (Å²) >= 11 is 0.983. The molecule has 1 fully saturated rings. The van der Waals surface area contributed by atoms with Gasteiger partial charge in [-0.1, -0.05) is 81.9 Å². The molecule has 0 spiro atoms. The number of aliphatic hydroxyl groups is 1. The van der Waals surface area contributed by atoms with Crippen molar-refractivity contribution in [3.05, 3.63) is 81.4 Å². The third-order valence-electron chi connectivity index (χ3n) is 6.86. The Balaban J connectivity index is 1.87. The number of aryl methyl sites for hydroxylation is 1. The summed E-state index contributed by atoms with van der Waals surface area (Å²) < 4.78 is 11.0. The van der Waals surface area contributed by atoms with Gasteiger partial charge < -0.3 is 14.6 Å². The summed E-state index contributed by atoms with van der Waals surface area (Å²) in [5, 5.41) is 11.7. The van der Waals surface area contributed by atoms with Crippen LogP contribution in [0.1, 0.15) is 85.6 Å². The molecule has 1 atom stereocenters. The maximum atomic E-state index is 13.6. The van der Waals surface area contributed by atoms with Gasteiger partial charge in [0.2, 0.25) is 0 Å². The van der Waals surface area contributed by atoms with Crippen molar-refractivity contribution < 1.29 is 29.0 Å². The van der Waals surface area contributed by atoms with Gasteiger partial charge in [0.05, 0.1) is 30.5 Å². The van der Waals surface area contributed by atoms with E-state index in [0.717, 1.165) is 29.7 Å². The van der Waals surface area contributed by atoms with Gasteiger partial charge in [-0.05, 0) is 48.9 Å². The summed E-state index contributed by atoms with van der Waals surface area (Å²) in [4.78, 5) is 45.7. The number of thiazole rings is 1. The lowest BCUT2D eigenvalue weighted by molar-refractivity contribution is -0.132. The Labute approximate surface area is 244 Å². The van der Waals surface area contributed by atoms with Gasteiger partial charge in [0, 0.05) is 5.56 Å². The number of ether oxygens (including phenoxy) is 2. The molecule has 0 radical (unpaired) electrons. The molecule has 0 saturated carbocycles. The molecular formula is C32H36N2O6S. The average Bonchev–Trinajstić information content (AvgIpc) is 3.45. The molecule has 8 nitrogen and oxygen atoms in total. The van der Waals surface area contributed by atoms with E-state index in [0.29, 0.717) is 29.2 Å². The fourth-order valence-electron chi connectivity index (χ4n) is 4.60. The summed E-state index contributed by atoms with van der Waals surface area (Å²) in [5.41, 5.74) is 2.28. The van der Waals surface area contributed by atoms with E-state index < -0.39 is 23.7 Å². The molecule has 1 aliphatic heterocycles. The Morgan fingerprint density at radius 3 is 2.44 bits per heavy atom. The largest absolute Gasteiger partial charge is 0.507 e. The van der Waals surface area contributed by atoms with Crippen molar-refractivity contribution in [2.45, 2.75) is 65.8 Å². The summed E-state index contributed by atoms with van der Waals surface area (Å²) in [6, 6.07) is 13.5. The summed E-state index contributed by atoms with van der Waals surface area (Å²) in [6.07, 6.45) is 1.86. The first-order valence-electron chi connectivity index (χ1n) is 13.8. The van der Waals surface area contributed by atoms with Crippen LogP contribution < -0.4 is 9.64 Å². The second-order valence-corrected chi connectivity index (χ2v) is 11.9. The first-order chi connectivity index (χ1) is 19.5. The number of benzene rings is 2. The van der Waals surface area contributed by atoms with Crippen molar-refractivity contribution in [1.82, 2.24) is 4.98 Å². The monoisotopic (exact) mass is 576 g/mol. The van der Waals surface area contributed by atoms with Crippen molar-refractivity contribution in [1.29, 1.82) is 0 Å². The van der Waals surface area contributed by atoms with E-state index in [-0.39, 0.29) is 33.4 Å². The normalized spacial score (nSPS) is 16.7. The number of Topliss-reactive ketones (excluding diaryl/α,β-unsaturated/α-hetero) is 1. The zero-order valence-corrected chi connectivity index (χ0v) is 25.1. The van der Waals surface area contributed by atoms with E-state index >= 15 is 0 Å². The molecule has 1 amide bonds. The van der Waals surface area contributed by atoms with Crippen LogP contribution in [0.5, 0.6) is 5.75 Å². The van der Waals surface area contributed by atoms with Crippen molar-refractivity contribution in [3.8, 4) is 5.75 Å². The number of unbranched alkanes of at least 4 members (excludes halogenated alkanes) is 1. The minimum atomic E-state index is -0.964. The molecule has 41 heavy (non-hydrogen) atoms. The van der Waals surface area contributed by atoms with Crippen molar-refractivity contribution in [3.63, 3.8) is 0 Å². The predicted octanol–water partition coefficient (Wildman–Crippen LogP) is 6.73. The molecule has 2 heterocycles. The Hall–Kier alpha value is -3.98. The van der Waals surface area contributed by atoms with E-state index in [9.17, 15) is 19.5 Å². The van der Waals surface area contributed by atoms with Crippen LogP contribution in [-0.2, 0) is 19.7 Å². The maximum absolute atomic E-state index is 13.6. The molecule has 0 aliphatic carbocycles. The van der Waals surface area contributed by atoms with Crippen LogP contribution in [0.4, 0.5) is 5.13 Å². The second-order valence-electron chi connectivity index (χ2n) is 10.9. The van der Waals surface area contributed by atoms with Crippen LogP contribution in [0.2, 0.25) is 0 Å². The van der Waals surface area contributed by atoms with Crippen molar-refractivity contribution >= 4 is 39.9 Å². The van der Waals surface area contributed by atoms with Gasteiger partial charge in [-0.25, -0.2) is 9.78 Å². The van der Waals surface area contributed by atoms with Gasteiger partial charge in [0.1, 0.15) is 16.4 Å². The third kappa shape index (κ3) is 6.20. The number of carbonyl (C=O) groups excluding carboxylic acids is 3. The van der Waals surface area contributed by atoms with Crippen LogP contribution in [0.25, 0.3) is 5.76 Å². The van der Waals surface area contributed by atoms with Crippen LogP contribution in [-0.4, -0.2) is 41.0 Å². The molecule has 1 aliphatic rings. The summed E-state index contributed by atoms with van der Waals surface area (Å²) in [7, 11) is 0. The first-order valence-corrected chi connectivity index (χ1v) is 14.6. The number of hydrogen-bond acceptors (Lipinski definition) is 8. The molecule has 3 aromatic rings. The fourth-order valence-corrected chi connectivity index (χ4v) is 5.59. The zero-order chi connectivity index (χ0) is 29.9. The molecular weight excluding hydrogens is 540 g/mol. The quantitative estimate of drug-likeness (QED) is 0.0990. The number of aromatic nitrogens is 1. The lowest BCUT2D eigenvalue weighted by Gasteiger charge is -2.25. The van der Waals surface area contributed by atoms with Crippen LogP contribution in [0, 0.1) is 6.92 Å². The summed E-state index contributed by atoms with van der Waals surface area (Å²) in [5.74, 6) is -1.98. The van der Waals surface area contributed by atoms with Crippen LogP contribution in [0.3, 0.4) is 0 Å². The number of aliphatic hydroxyl groups excluding tert-OH is 1. The minimum Gasteiger partial charge on any atom is -0.507 e. The van der Waals surface area contributed by atoms with Crippen molar-refractivity contribution in [2.24, 2.45) is 0 Å². The van der Waals surface area contributed by atoms with Crippen LogP contribution >= 0.6 is 11.3 Å². The number of carbonyl (C=O) groups is 3. The highest BCUT2D eigenvalue weighted by Gasteiger charge is 2.48. The van der Waals surface area contributed by atoms with E-state index in [1.807, 2.05) is 24.3 Å². The molecule has 4 rings (SSSR count). The first kappa shape index (κ1) is 30.0. The van der Waals surface area contributed by atoms with E-state index in [2.05, 4.69) is 32.7 Å². The average molecular weight is 577 g/mol. The number of hydrogen-bond donors (Lipinski definition) is 1. The highest BCUT2D eigenvalue weighted by molar-refractivity contribution is 7.17. The lowest BCUT2D eigenvalue weighted by Crippen LogP contribution is -2.29. The third-order valence-corrected chi connectivity index (χ3v) is 8.00. The second kappa shape index (κ2) is 12.3. The van der Waals surface area contributed by atoms with Gasteiger partial charge in [-0.2, -0.15) is 0 Å². The number of amides is 1. The topological polar surface area (TPSA) is 106 Å². The van der Waals surface area contributed by atoms with E-state index in [1.165, 1.54) is 4.90 Å². The Morgan fingerprint density at radius 1 is 1.10 bits per heavy atom. The highest BCUT2D eigenvalue weighted by atomic mass is 32.1. The molecule has 1 aromatic heterocycles. The minimum absolute atomic E-state index is 0.0604. The fraction of sp³-hybridized carbons (Fsp3) is 0.375. The maximum Gasteiger partial charge on any atom is 0.350 e. The standard InChI is InChI=1S/C32H36N2O6S/c1-7-9-17-40-23-12-10-11-21(18-23)26(35)24-25(20-13-15-22(16-14-20)32(4,5)6)34(29(37)27(24)36)31-33-19(3)28(41-31)30(38)39-8-2/h10-16,18,25,35H,7-9,17H2,1-6H3. The predicted molar refractivity (Wildman–Crippen MR) is 160 cm³/mol. The van der Waals surface area contributed by atoms with Gasteiger partial charge in [-0.15, -0.1) is 0 Å². The molecule has 1 N–H and O–H groups in total. The van der Waals surface area contributed by atoms with Gasteiger partial charge in [0.25, 0.3) is 5.78 Å². The molecule has 1 saturated heterocycles. The van der Waals surface area contributed by atoms with Crippen LogP contribution in [0.15, 0.2) is 54.1 Å². The Morgan fingerprint density at radius 2 is 1.80 bits per heavy atom. The summed E-state index contributed by atoms with van der Waals surface area (Å²) in [6.45, 7) is 12.4. The smallest absolute Gasteiger partial charge is 0.350 e. The van der Waals surface area contributed by atoms with E-state index in [4.69, 9.17) is 9.47 Å². The molecule has 216 valence electrons. The molecule has 2 aromatic carbocycles. The number of anilines is 1. The van der Waals surface area contributed by atoms with Gasteiger partial charge in [0.15, 0.2) is 5.13 Å². The zero-order valence-electron chi connectivity index (χ0n) is 24.3. The number of rotatable bonds is 9. The van der Waals surface area contributed by atoms with Crippen molar-refractivity contribution in [2.75, 3.05) is 18.1 Å². The lowest BCUT2D eigenvalue weighted by atomic mass is 9.85. The molecule has 9 heteroatoms. The number of nitrogens with zero attached hydrogens (tertiary/aromatic N) is 2. The van der Waals surface area contributed by atoms with E-state index in [1.54, 1.807) is 38.1 Å².